The molecule has 3 aromatic rings. The molecule has 3 unspecified atom stereocenters. The van der Waals surface area contributed by atoms with Gasteiger partial charge in [0.05, 0.1) is 6.20 Å². The maximum Gasteiger partial charge on any atom is 0.162 e. The second kappa shape index (κ2) is 6.73. The second-order valence-electron chi connectivity index (χ2n) is 8.16. The Morgan fingerprint density at radius 1 is 1.07 bits per heavy atom. The zero-order valence-corrected chi connectivity index (χ0v) is 17.2. The predicted octanol–water partition coefficient (Wildman–Crippen LogP) is 5.68. The number of aromatic nitrogens is 2. The van der Waals surface area contributed by atoms with Crippen LogP contribution in [0, 0.1) is 12.8 Å². The molecule has 0 saturated heterocycles. The molecule has 0 aliphatic carbocycles. The summed E-state index contributed by atoms with van der Waals surface area (Å²) < 4.78 is 0. The van der Waals surface area contributed by atoms with Crippen molar-refractivity contribution in [1.82, 2.24) is 9.97 Å². The molecule has 4 nitrogen and oxygen atoms in total. The van der Waals surface area contributed by atoms with Gasteiger partial charge >= 0.3 is 0 Å². The Morgan fingerprint density at radius 3 is 2.62 bits per heavy atom. The molecule has 4 heteroatoms. The normalized spacial score (nSPS) is 22.1. The number of hydrogen-bond donors (Lipinski definition) is 0. The number of fused-ring (bicyclic) bond motifs is 5. The SMILES string of the molecule is C=CCC1c2ccccc2N2c3nc(-c4ccccc4C)ncc3N(C)C2C1C. The Hall–Kier alpha value is -3.14. The quantitative estimate of drug-likeness (QED) is 0.546. The lowest BCUT2D eigenvalue weighted by molar-refractivity contribution is 0.363. The van der Waals surface area contributed by atoms with Crippen molar-refractivity contribution in [2.45, 2.75) is 32.4 Å². The number of nitrogens with zero attached hydrogens (tertiary/aromatic N) is 4. The summed E-state index contributed by atoms with van der Waals surface area (Å²) in [6.07, 6.45) is 5.24. The number of para-hydroxylation sites is 1. The van der Waals surface area contributed by atoms with Crippen molar-refractivity contribution in [1.29, 1.82) is 0 Å². The van der Waals surface area contributed by atoms with Gasteiger partial charge in [0.2, 0.25) is 0 Å². The van der Waals surface area contributed by atoms with Gasteiger partial charge in [-0.3, -0.25) is 0 Å². The van der Waals surface area contributed by atoms with E-state index >= 15 is 0 Å². The molecule has 2 aliphatic rings. The molecule has 2 aliphatic heterocycles. The molecule has 3 atom stereocenters. The molecule has 0 bridgehead atoms. The third-order valence-corrected chi connectivity index (χ3v) is 6.53. The first-order chi connectivity index (χ1) is 14.1. The Balaban J connectivity index is 1.69. The largest absolute Gasteiger partial charge is 0.349 e. The van der Waals surface area contributed by atoms with Gasteiger partial charge in [-0.15, -0.1) is 6.58 Å². The van der Waals surface area contributed by atoms with Gasteiger partial charge in [-0.25, -0.2) is 9.97 Å². The van der Waals surface area contributed by atoms with Crippen LogP contribution in [0.2, 0.25) is 0 Å². The number of hydrogen-bond acceptors (Lipinski definition) is 4. The number of anilines is 3. The molecular formula is C25H26N4. The van der Waals surface area contributed by atoms with Crippen LogP contribution in [0.3, 0.4) is 0 Å². The highest BCUT2D eigenvalue weighted by molar-refractivity contribution is 5.84. The molecule has 0 radical (unpaired) electrons. The molecule has 29 heavy (non-hydrogen) atoms. The van der Waals surface area contributed by atoms with E-state index < -0.39 is 0 Å². The maximum absolute atomic E-state index is 5.08. The van der Waals surface area contributed by atoms with Gasteiger partial charge in [0, 0.05) is 24.2 Å². The lowest BCUT2D eigenvalue weighted by Crippen LogP contribution is -2.48. The van der Waals surface area contributed by atoms with Gasteiger partial charge in [-0.05, 0) is 36.5 Å². The Kier molecular flexibility index (Phi) is 4.16. The van der Waals surface area contributed by atoms with Crippen molar-refractivity contribution in [2.75, 3.05) is 16.8 Å². The van der Waals surface area contributed by atoms with E-state index in [1.807, 2.05) is 18.3 Å². The van der Waals surface area contributed by atoms with Crippen molar-refractivity contribution in [3.8, 4) is 11.4 Å². The molecule has 3 heterocycles. The van der Waals surface area contributed by atoms with E-state index in [0.29, 0.717) is 11.8 Å². The maximum atomic E-state index is 5.08. The van der Waals surface area contributed by atoms with Crippen LogP contribution in [0.1, 0.15) is 30.4 Å². The van der Waals surface area contributed by atoms with Crippen molar-refractivity contribution in [2.24, 2.45) is 5.92 Å². The van der Waals surface area contributed by atoms with Crippen molar-refractivity contribution in [3.63, 3.8) is 0 Å². The summed E-state index contributed by atoms with van der Waals surface area (Å²) in [6, 6.07) is 17.1. The predicted molar refractivity (Wildman–Crippen MR) is 120 cm³/mol. The molecule has 0 N–H and O–H groups in total. The number of rotatable bonds is 3. The average molecular weight is 383 g/mol. The fourth-order valence-corrected chi connectivity index (χ4v) is 5.06. The van der Waals surface area contributed by atoms with Crippen LogP contribution in [0.25, 0.3) is 11.4 Å². The average Bonchev–Trinajstić information content (AvgIpc) is 3.04. The van der Waals surface area contributed by atoms with Gasteiger partial charge < -0.3 is 9.80 Å². The summed E-state index contributed by atoms with van der Waals surface area (Å²) in [5, 5.41) is 0. The van der Waals surface area contributed by atoms with E-state index in [1.54, 1.807) is 0 Å². The van der Waals surface area contributed by atoms with Crippen LogP contribution < -0.4 is 9.80 Å². The van der Waals surface area contributed by atoms with Crippen molar-refractivity contribution >= 4 is 17.2 Å². The fraction of sp³-hybridized carbons (Fsp3) is 0.280. The van der Waals surface area contributed by atoms with Crippen molar-refractivity contribution in [3.05, 3.63) is 78.5 Å². The topological polar surface area (TPSA) is 32.3 Å². The van der Waals surface area contributed by atoms with Gasteiger partial charge in [-0.2, -0.15) is 0 Å². The first-order valence-corrected chi connectivity index (χ1v) is 10.3. The minimum absolute atomic E-state index is 0.228. The Labute approximate surface area is 172 Å². The number of aryl methyl sites for hydroxylation is 1. The van der Waals surface area contributed by atoms with Gasteiger partial charge in [0.15, 0.2) is 11.6 Å². The summed E-state index contributed by atoms with van der Waals surface area (Å²) >= 11 is 0. The van der Waals surface area contributed by atoms with E-state index in [4.69, 9.17) is 9.97 Å². The highest BCUT2D eigenvalue weighted by atomic mass is 15.4. The molecule has 2 aromatic carbocycles. The highest BCUT2D eigenvalue weighted by Crippen LogP contribution is 2.53. The molecule has 0 saturated carbocycles. The molecule has 146 valence electrons. The summed E-state index contributed by atoms with van der Waals surface area (Å²) in [5.74, 6) is 2.67. The van der Waals surface area contributed by atoms with Crippen LogP contribution in [-0.4, -0.2) is 23.2 Å². The third kappa shape index (κ3) is 2.59. The molecule has 0 fully saturated rings. The van der Waals surface area contributed by atoms with Gasteiger partial charge in [-0.1, -0.05) is 55.5 Å². The third-order valence-electron chi connectivity index (χ3n) is 6.53. The van der Waals surface area contributed by atoms with Crippen LogP contribution in [0.5, 0.6) is 0 Å². The van der Waals surface area contributed by atoms with Crippen molar-refractivity contribution < 1.29 is 0 Å². The van der Waals surface area contributed by atoms with E-state index in [0.717, 1.165) is 29.3 Å². The first-order valence-electron chi connectivity index (χ1n) is 10.3. The van der Waals surface area contributed by atoms with Crippen LogP contribution >= 0.6 is 0 Å². The number of benzene rings is 2. The lowest BCUT2D eigenvalue weighted by atomic mass is 9.78. The second-order valence-corrected chi connectivity index (χ2v) is 8.16. The fourth-order valence-electron chi connectivity index (χ4n) is 5.06. The Bertz CT molecular complexity index is 1090. The van der Waals surface area contributed by atoms with E-state index in [9.17, 15) is 0 Å². The minimum Gasteiger partial charge on any atom is -0.349 e. The Morgan fingerprint density at radius 2 is 1.83 bits per heavy atom. The van der Waals surface area contributed by atoms with Crippen LogP contribution in [0.4, 0.5) is 17.2 Å². The minimum atomic E-state index is 0.228. The molecule has 5 rings (SSSR count). The van der Waals surface area contributed by atoms with Crippen LogP contribution in [-0.2, 0) is 0 Å². The molecule has 0 spiro atoms. The first kappa shape index (κ1) is 17.9. The van der Waals surface area contributed by atoms with E-state index in [2.05, 4.69) is 79.7 Å². The molecule has 1 aromatic heterocycles. The summed E-state index contributed by atoms with van der Waals surface area (Å²) in [4.78, 5) is 14.6. The monoisotopic (exact) mass is 382 g/mol. The van der Waals surface area contributed by atoms with Gasteiger partial charge in [0.25, 0.3) is 0 Å². The zero-order valence-electron chi connectivity index (χ0n) is 17.2. The standard InChI is InChI=1S/C25H26N4/c1-5-10-19-17(3)25-28(4)22-15-26-23(18-12-7-6-11-16(18)2)27-24(22)29(25)21-14-9-8-13-20(19)21/h5-9,11-15,17,19,25H,1,10H2,2-4H3. The molecule has 0 amide bonds. The van der Waals surface area contributed by atoms with E-state index in [-0.39, 0.29) is 6.17 Å². The smallest absolute Gasteiger partial charge is 0.162 e. The molecular weight excluding hydrogens is 356 g/mol. The highest BCUT2D eigenvalue weighted by Gasteiger charge is 2.46. The lowest BCUT2D eigenvalue weighted by Gasteiger charge is -2.44. The van der Waals surface area contributed by atoms with E-state index in [1.165, 1.54) is 16.8 Å². The number of allylic oxidation sites excluding steroid dienone is 1. The summed E-state index contributed by atoms with van der Waals surface area (Å²) in [6.45, 7) is 8.47. The van der Waals surface area contributed by atoms with Crippen LogP contribution in [0.15, 0.2) is 67.4 Å². The summed E-state index contributed by atoms with van der Waals surface area (Å²) in [5.41, 5.74) is 6.00. The zero-order chi connectivity index (χ0) is 20.1. The van der Waals surface area contributed by atoms with Gasteiger partial charge in [0.1, 0.15) is 11.9 Å². The summed E-state index contributed by atoms with van der Waals surface area (Å²) in [7, 11) is 2.16.